The first-order valence-corrected chi connectivity index (χ1v) is 5.90. The maximum atomic E-state index is 11.6. The van der Waals surface area contributed by atoms with E-state index >= 15 is 0 Å². The Bertz CT molecular complexity index is 326. The van der Waals surface area contributed by atoms with Crippen LogP contribution in [-0.2, 0) is 0 Å². The van der Waals surface area contributed by atoms with Gasteiger partial charge in [-0.15, -0.1) is 0 Å². The van der Waals surface area contributed by atoms with Gasteiger partial charge in [0.25, 0.3) is 5.91 Å². The number of carbonyl (C=O) groups excluding carboxylic acids is 1. The first kappa shape index (κ1) is 15.4. The Morgan fingerprint density at radius 3 is 2.59 bits per heavy atom. The van der Waals surface area contributed by atoms with E-state index in [0.717, 1.165) is 0 Å². The highest BCUT2D eigenvalue weighted by Gasteiger charge is 2.10. The Morgan fingerprint density at radius 1 is 1.35 bits per heavy atom. The molecule has 0 fully saturated rings. The van der Waals surface area contributed by atoms with E-state index in [1.807, 2.05) is 26.8 Å². The van der Waals surface area contributed by atoms with Gasteiger partial charge in [0.2, 0.25) is 0 Å². The fourth-order valence-electron chi connectivity index (χ4n) is 1.20. The van der Waals surface area contributed by atoms with Crippen LogP contribution >= 0.6 is 0 Å². The number of hydrogen-bond donors (Lipinski definition) is 2. The summed E-state index contributed by atoms with van der Waals surface area (Å²) in [7, 11) is 0. The molecule has 0 heterocycles. The Morgan fingerprint density at radius 2 is 2.00 bits per heavy atom. The Balaban J connectivity index is 0.00000121. The van der Waals surface area contributed by atoms with Gasteiger partial charge >= 0.3 is 0 Å². The normalized spacial score (nSPS) is 8.94. The van der Waals surface area contributed by atoms with Crippen molar-refractivity contribution in [2.24, 2.45) is 0 Å². The fraction of sp³-hybridized carbons (Fsp3) is 0.462. The van der Waals surface area contributed by atoms with Gasteiger partial charge in [-0.1, -0.05) is 26.0 Å². The molecule has 0 saturated carbocycles. The smallest absolute Gasteiger partial charge is 0.255 e. The van der Waals surface area contributed by atoms with Gasteiger partial charge in [0, 0.05) is 6.54 Å². The van der Waals surface area contributed by atoms with Gasteiger partial charge in [-0.2, -0.15) is 0 Å². The van der Waals surface area contributed by atoms with Gasteiger partial charge in [-0.05, 0) is 19.1 Å². The van der Waals surface area contributed by atoms with Gasteiger partial charge < -0.3 is 15.2 Å². The second-order valence-electron chi connectivity index (χ2n) is 2.91. The third-order valence-electron chi connectivity index (χ3n) is 1.83. The maximum Gasteiger partial charge on any atom is 0.255 e. The predicted molar refractivity (Wildman–Crippen MR) is 68.4 cm³/mol. The van der Waals surface area contributed by atoms with Crippen molar-refractivity contribution >= 4 is 5.91 Å². The van der Waals surface area contributed by atoms with Gasteiger partial charge in [-0.3, -0.25) is 4.79 Å². The minimum atomic E-state index is -0.229. The molecule has 4 heteroatoms. The van der Waals surface area contributed by atoms with E-state index in [0.29, 0.717) is 17.9 Å². The molecule has 0 bridgehead atoms. The summed E-state index contributed by atoms with van der Waals surface area (Å²) in [6.45, 7) is 6.56. The van der Waals surface area contributed by atoms with E-state index in [9.17, 15) is 4.79 Å². The molecule has 96 valence electrons. The van der Waals surface area contributed by atoms with Crippen molar-refractivity contribution < 1.29 is 14.6 Å². The van der Waals surface area contributed by atoms with Crippen molar-refractivity contribution in [1.82, 2.24) is 5.32 Å². The standard InChI is InChI=1S/C11H15NO3.C2H6/c1-2-15-10-6-4-3-5-9(10)11(14)12-7-8-13;1-2/h3-6,13H,2,7-8H2,1H3,(H,12,14);1-2H3. The SMILES string of the molecule is CC.CCOc1ccccc1C(=O)NCCO. The average molecular weight is 239 g/mol. The molecule has 0 spiro atoms. The average Bonchev–Trinajstić information content (AvgIpc) is 2.39. The van der Waals surface area contributed by atoms with Crippen molar-refractivity contribution in [2.75, 3.05) is 19.8 Å². The molecular weight excluding hydrogens is 218 g/mol. The van der Waals surface area contributed by atoms with Crippen molar-refractivity contribution in [3.63, 3.8) is 0 Å². The van der Waals surface area contributed by atoms with Gasteiger partial charge in [0.15, 0.2) is 0 Å². The van der Waals surface area contributed by atoms with Crippen LogP contribution in [0, 0.1) is 0 Å². The van der Waals surface area contributed by atoms with Gasteiger partial charge in [0.1, 0.15) is 5.75 Å². The minimum Gasteiger partial charge on any atom is -0.493 e. The molecule has 0 aromatic heterocycles. The number of benzene rings is 1. The zero-order valence-electron chi connectivity index (χ0n) is 10.7. The van der Waals surface area contributed by atoms with Crippen LogP contribution in [0.1, 0.15) is 31.1 Å². The first-order valence-electron chi connectivity index (χ1n) is 5.90. The highest BCUT2D eigenvalue weighted by Crippen LogP contribution is 2.17. The molecular formula is C13H21NO3. The second kappa shape index (κ2) is 9.66. The summed E-state index contributed by atoms with van der Waals surface area (Å²) in [4.78, 5) is 11.6. The topological polar surface area (TPSA) is 58.6 Å². The first-order chi connectivity index (χ1) is 8.29. The quantitative estimate of drug-likeness (QED) is 0.824. The van der Waals surface area contributed by atoms with Crippen LogP contribution < -0.4 is 10.1 Å². The largest absolute Gasteiger partial charge is 0.493 e. The minimum absolute atomic E-state index is 0.0669. The predicted octanol–water partition coefficient (Wildman–Crippen LogP) is 1.83. The van der Waals surface area contributed by atoms with Gasteiger partial charge in [-0.25, -0.2) is 0 Å². The van der Waals surface area contributed by atoms with E-state index in [1.54, 1.807) is 18.2 Å². The molecule has 0 aliphatic carbocycles. The third-order valence-corrected chi connectivity index (χ3v) is 1.83. The molecule has 0 atom stereocenters. The number of hydrogen-bond acceptors (Lipinski definition) is 3. The van der Waals surface area contributed by atoms with E-state index in [2.05, 4.69) is 5.32 Å². The van der Waals surface area contributed by atoms with Gasteiger partial charge in [0.05, 0.1) is 18.8 Å². The Labute approximate surface area is 103 Å². The van der Waals surface area contributed by atoms with E-state index in [-0.39, 0.29) is 19.1 Å². The van der Waals surface area contributed by atoms with E-state index in [4.69, 9.17) is 9.84 Å². The number of rotatable bonds is 5. The molecule has 2 N–H and O–H groups in total. The summed E-state index contributed by atoms with van der Waals surface area (Å²) in [5.41, 5.74) is 0.493. The summed E-state index contributed by atoms with van der Waals surface area (Å²) in [6, 6.07) is 7.03. The fourth-order valence-corrected chi connectivity index (χ4v) is 1.20. The summed E-state index contributed by atoms with van der Waals surface area (Å²) in [6.07, 6.45) is 0. The van der Waals surface area contributed by atoms with Crippen LogP contribution in [0.4, 0.5) is 0 Å². The summed E-state index contributed by atoms with van der Waals surface area (Å²) < 4.78 is 5.31. The Hall–Kier alpha value is -1.55. The molecule has 0 radical (unpaired) electrons. The highest BCUT2D eigenvalue weighted by atomic mass is 16.5. The van der Waals surface area contributed by atoms with Crippen molar-refractivity contribution in [2.45, 2.75) is 20.8 Å². The monoisotopic (exact) mass is 239 g/mol. The third kappa shape index (κ3) is 5.36. The molecule has 0 aliphatic rings. The van der Waals surface area contributed by atoms with Crippen LogP contribution in [0.5, 0.6) is 5.75 Å². The molecule has 1 rings (SSSR count). The molecule has 0 aliphatic heterocycles. The molecule has 1 amide bonds. The van der Waals surface area contributed by atoms with Crippen LogP contribution in [0.2, 0.25) is 0 Å². The number of aliphatic hydroxyl groups is 1. The molecule has 4 nitrogen and oxygen atoms in total. The lowest BCUT2D eigenvalue weighted by atomic mass is 10.2. The number of para-hydroxylation sites is 1. The summed E-state index contributed by atoms with van der Waals surface area (Å²) in [5.74, 6) is 0.337. The number of ether oxygens (including phenoxy) is 1. The molecule has 17 heavy (non-hydrogen) atoms. The lowest BCUT2D eigenvalue weighted by Gasteiger charge is -2.09. The highest BCUT2D eigenvalue weighted by molar-refractivity contribution is 5.96. The molecule has 1 aromatic rings. The zero-order valence-corrected chi connectivity index (χ0v) is 10.7. The van der Waals surface area contributed by atoms with Crippen molar-refractivity contribution in [3.8, 4) is 5.75 Å². The molecule has 0 saturated heterocycles. The number of aliphatic hydroxyl groups excluding tert-OH is 1. The molecule has 0 unspecified atom stereocenters. The lowest BCUT2D eigenvalue weighted by Crippen LogP contribution is -2.26. The van der Waals surface area contributed by atoms with Crippen molar-refractivity contribution in [1.29, 1.82) is 0 Å². The van der Waals surface area contributed by atoms with Crippen LogP contribution in [0.15, 0.2) is 24.3 Å². The van der Waals surface area contributed by atoms with Crippen LogP contribution in [0.3, 0.4) is 0 Å². The number of carbonyl (C=O) groups is 1. The summed E-state index contributed by atoms with van der Waals surface area (Å²) in [5, 5.41) is 11.2. The molecule has 1 aromatic carbocycles. The second-order valence-corrected chi connectivity index (χ2v) is 2.91. The van der Waals surface area contributed by atoms with Crippen molar-refractivity contribution in [3.05, 3.63) is 29.8 Å². The number of nitrogens with one attached hydrogen (secondary N) is 1. The maximum absolute atomic E-state index is 11.6. The van der Waals surface area contributed by atoms with E-state index in [1.165, 1.54) is 0 Å². The van der Waals surface area contributed by atoms with Crippen LogP contribution in [0.25, 0.3) is 0 Å². The van der Waals surface area contributed by atoms with Crippen LogP contribution in [-0.4, -0.2) is 30.8 Å². The number of amides is 1. The lowest BCUT2D eigenvalue weighted by molar-refractivity contribution is 0.0941. The summed E-state index contributed by atoms with van der Waals surface area (Å²) >= 11 is 0. The van der Waals surface area contributed by atoms with E-state index < -0.39 is 0 Å². The zero-order chi connectivity index (χ0) is 13.1. The Kier molecular flexibility index (Phi) is 8.78.